The predicted octanol–water partition coefficient (Wildman–Crippen LogP) is -0.00610. The van der Waals surface area contributed by atoms with Crippen molar-refractivity contribution in [3.05, 3.63) is 12.7 Å². The van der Waals surface area contributed by atoms with Crippen LogP contribution in [0.1, 0.15) is 12.8 Å². The van der Waals surface area contributed by atoms with Crippen LogP contribution in [0.5, 0.6) is 0 Å². The fraction of sp³-hybridized carbons (Fsp3) is 0.500. The first-order valence-electron chi connectivity index (χ1n) is 4.81. The second-order valence-corrected chi connectivity index (χ2v) is 2.97. The summed E-state index contributed by atoms with van der Waals surface area (Å²) in [6.07, 6.45) is 1.62. The number of carbonyl (C=O) groups excluding carboxylic acids is 3. The van der Waals surface area contributed by atoms with Gasteiger partial charge < -0.3 is 15.4 Å². The van der Waals surface area contributed by atoms with Crippen molar-refractivity contribution in [3.8, 4) is 0 Å². The molecule has 0 aliphatic carbocycles. The molecule has 90 valence electrons. The van der Waals surface area contributed by atoms with E-state index in [0.717, 1.165) is 0 Å². The van der Waals surface area contributed by atoms with Crippen LogP contribution in [0.15, 0.2) is 12.7 Å². The fourth-order valence-corrected chi connectivity index (χ4v) is 0.838. The van der Waals surface area contributed by atoms with Crippen LogP contribution >= 0.6 is 0 Å². The van der Waals surface area contributed by atoms with Gasteiger partial charge in [0.15, 0.2) is 5.78 Å². The number of amides is 2. The zero-order chi connectivity index (χ0) is 12.4. The summed E-state index contributed by atoms with van der Waals surface area (Å²) in [5, 5.41) is 4.81. The summed E-state index contributed by atoms with van der Waals surface area (Å²) in [6, 6.07) is -0.439. The highest BCUT2D eigenvalue weighted by atomic mass is 16.5. The average molecular weight is 228 g/mol. The number of nitrogens with one attached hydrogen (secondary N) is 2. The molecule has 0 heterocycles. The number of ketones is 1. The molecular formula is C10H16N2O4. The first-order chi connectivity index (χ1) is 7.60. The maximum absolute atomic E-state index is 11.2. The SMILES string of the molecule is C=CCNC(=O)NCC(=O)CCC(=O)OC. The van der Waals surface area contributed by atoms with E-state index in [1.807, 2.05) is 0 Å². The second kappa shape index (κ2) is 8.46. The number of esters is 1. The zero-order valence-electron chi connectivity index (χ0n) is 9.25. The molecular weight excluding hydrogens is 212 g/mol. The second-order valence-electron chi connectivity index (χ2n) is 2.97. The van der Waals surface area contributed by atoms with Crippen LogP contribution in [0.3, 0.4) is 0 Å². The Morgan fingerprint density at radius 3 is 2.50 bits per heavy atom. The maximum atomic E-state index is 11.2. The van der Waals surface area contributed by atoms with Crippen LogP contribution < -0.4 is 10.6 Å². The number of ether oxygens (including phenoxy) is 1. The van der Waals surface area contributed by atoms with Crippen LogP contribution in [-0.2, 0) is 14.3 Å². The summed E-state index contributed by atoms with van der Waals surface area (Å²) in [4.78, 5) is 32.9. The molecule has 6 nitrogen and oxygen atoms in total. The largest absolute Gasteiger partial charge is 0.469 e. The number of carbonyl (C=O) groups is 3. The number of Topliss-reactive ketones (excluding diaryl/α,β-unsaturated/α-hetero) is 1. The summed E-state index contributed by atoms with van der Waals surface area (Å²) in [5.41, 5.74) is 0. The molecule has 0 fully saturated rings. The third kappa shape index (κ3) is 7.54. The van der Waals surface area contributed by atoms with Gasteiger partial charge in [0.25, 0.3) is 0 Å². The van der Waals surface area contributed by atoms with E-state index in [2.05, 4.69) is 21.9 Å². The minimum Gasteiger partial charge on any atom is -0.469 e. The van der Waals surface area contributed by atoms with Crippen LogP contribution in [0, 0.1) is 0 Å². The molecule has 2 N–H and O–H groups in total. The van der Waals surface area contributed by atoms with Gasteiger partial charge >= 0.3 is 12.0 Å². The van der Waals surface area contributed by atoms with E-state index in [1.165, 1.54) is 13.2 Å². The van der Waals surface area contributed by atoms with E-state index in [1.54, 1.807) is 0 Å². The molecule has 0 aliphatic heterocycles. The molecule has 0 saturated carbocycles. The number of urea groups is 1. The molecule has 0 bridgehead atoms. The van der Waals surface area contributed by atoms with Crippen molar-refractivity contribution in [1.29, 1.82) is 0 Å². The zero-order valence-corrected chi connectivity index (χ0v) is 9.25. The normalized spacial score (nSPS) is 9.06. The highest BCUT2D eigenvalue weighted by molar-refractivity contribution is 5.87. The lowest BCUT2D eigenvalue weighted by Crippen LogP contribution is -2.38. The van der Waals surface area contributed by atoms with Gasteiger partial charge in [-0.25, -0.2) is 4.79 Å². The Morgan fingerprint density at radius 1 is 1.25 bits per heavy atom. The van der Waals surface area contributed by atoms with Gasteiger partial charge in [0.1, 0.15) is 0 Å². The molecule has 0 radical (unpaired) electrons. The van der Waals surface area contributed by atoms with Gasteiger partial charge in [-0.2, -0.15) is 0 Å². The highest BCUT2D eigenvalue weighted by Crippen LogP contribution is 1.92. The number of rotatable bonds is 7. The van der Waals surface area contributed by atoms with E-state index in [4.69, 9.17) is 0 Å². The lowest BCUT2D eigenvalue weighted by atomic mass is 10.2. The Bertz CT molecular complexity index is 276. The molecule has 0 atom stereocenters. The number of hydrogen-bond acceptors (Lipinski definition) is 4. The Balaban J connectivity index is 3.60. The van der Waals surface area contributed by atoms with Crippen LogP contribution in [0.25, 0.3) is 0 Å². The standard InChI is InChI=1S/C10H16N2O4/c1-3-6-11-10(15)12-7-8(13)4-5-9(14)16-2/h3H,1,4-7H2,2H3,(H2,11,12,15). The van der Waals surface area contributed by atoms with Crippen molar-refractivity contribution in [1.82, 2.24) is 10.6 Å². The number of hydrogen-bond donors (Lipinski definition) is 2. The van der Waals surface area contributed by atoms with Crippen molar-refractivity contribution in [2.24, 2.45) is 0 Å². The van der Waals surface area contributed by atoms with Crippen molar-refractivity contribution in [3.63, 3.8) is 0 Å². The average Bonchev–Trinajstić information content (AvgIpc) is 2.30. The smallest absolute Gasteiger partial charge is 0.315 e. The van der Waals surface area contributed by atoms with Crippen molar-refractivity contribution >= 4 is 17.8 Å². The van der Waals surface area contributed by atoms with Crippen LogP contribution in [0.4, 0.5) is 4.79 Å². The van der Waals surface area contributed by atoms with Gasteiger partial charge in [-0.05, 0) is 0 Å². The van der Waals surface area contributed by atoms with Gasteiger partial charge in [0, 0.05) is 13.0 Å². The van der Waals surface area contributed by atoms with Gasteiger partial charge in [-0.3, -0.25) is 9.59 Å². The molecule has 0 unspecified atom stereocenters. The van der Waals surface area contributed by atoms with E-state index < -0.39 is 12.0 Å². The molecule has 6 heteroatoms. The summed E-state index contributed by atoms with van der Waals surface area (Å²) in [7, 11) is 1.26. The topological polar surface area (TPSA) is 84.5 Å². The summed E-state index contributed by atoms with van der Waals surface area (Å²) in [5.74, 6) is -0.663. The monoisotopic (exact) mass is 228 g/mol. The number of methoxy groups -OCH3 is 1. The summed E-state index contributed by atoms with van der Waals surface area (Å²) in [6.45, 7) is 3.66. The van der Waals surface area contributed by atoms with E-state index >= 15 is 0 Å². The minimum absolute atomic E-state index is 0.0330. The molecule has 0 saturated heterocycles. The van der Waals surface area contributed by atoms with E-state index in [-0.39, 0.29) is 25.2 Å². The highest BCUT2D eigenvalue weighted by Gasteiger charge is 2.07. The van der Waals surface area contributed by atoms with Gasteiger partial charge in [-0.15, -0.1) is 6.58 Å². The van der Waals surface area contributed by atoms with Crippen molar-refractivity contribution in [2.45, 2.75) is 12.8 Å². The molecule has 0 aliphatic rings. The van der Waals surface area contributed by atoms with Gasteiger partial charge in [0.05, 0.1) is 20.1 Å². The summed E-state index contributed by atoms with van der Waals surface area (Å²) >= 11 is 0. The summed E-state index contributed by atoms with van der Waals surface area (Å²) < 4.78 is 4.38. The maximum Gasteiger partial charge on any atom is 0.315 e. The third-order valence-corrected chi connectivity index (χ3v) is 1.69. The van der Waals surface area contributed by atoms with Gasteiger partial charge in [-0.1, -0.05) is 6.08 Å². The fourth-order valence-electron chi connectivity index (χ4n) is 0.838. The molecule has 0 aromatic heterocycles. The van der Waals surface area contributed by atoms with E-state index in [9.17, 15) is 14.4 Å². The Hall–Kier alpha value is -1.85. The molecule has 0 aromatic carbocycles. The lowest BCUT2D eigenvalue weighted by molar-refractivity contribution is -0.141. The quantitative estimate of drug-likeness (QED) is 0.474. The lowest BCUT2D eigenvalue weighted by Gasteiger charge is -2.04. The molecule has 16 heavy (non-hydrogen) atoms. The van der Waals surface area contributed by atoms with E-state index in [0.29, 0.717) is 6.54 Å². The Labute approximate surface area is 94.0 Å². The Morgan fingerprint density at radius 2 is 1.94 bits per heavy atom. The minimum atomic E-state index is -0.440. The molecule has 2 amide bonds. The third-order valence-electron chi connectivity index (χ3n) is 1.69. The van der Waals surface area contributed by atoms with Crippen LogP contribution in [0.2, 0.25) is 0 Å². The molecule has 0 spiro atoms. The molecule has 0 rings (SSSR count). The Kier molecular flexibility index (Phi) is 7.48. The first-order valence-corrected chi connectivity index (χ1v) is 4.81. The van der Waals surface area contributed by atoms with Crippen molar-refractivity contribution in [2.75, 3.05) is 20.2 Å². The molecule has 0 aromatic rings. The first kappa shape index (κ1) is 14.2. The van der Waals surface area contributed by atoms with Gasteiger partial charge in [0.2, 0.25) is 0 Å². The predicted molar refractivity (Wildman–Crippen MR) is 57.9 cm³/mol. The van der Waals surface area contributed by atoms with Crippen LogP contribution in [-0.4, -0.2) is 38.0 Å². The van der Waals surface area contributed by atoms with Crippen molar-refractivity contribution < 1.29 is 19.1 Å².